The lowest BCUT2D eigenvalue weighted by molar-refractivity contribution is -0.873. The van der Waals surface area contributed by atoms with Gasteiger partial charge in [-0.25, -0.2) is 4.39 Å². The maximum Gasteiger partial charge on any atom is 0.175 e. The van der Waals surface area contributed by atoms with E-state index < -0.39 is 30.4 Å². The van der Waals surface area contributed by atoms with Gasteiger partial charge >= 0.3 is 0 Å². The molecule has 0 heterocycles. The van der Waals surface area contributed by atoms with E-state index in [1.54, 1.807) is 21.1 Å². The molecular weight excluding hydrogens is 205 g/mol. The van der Waals surface area contributed by atoms with E-state index in [9.17, 15) is 24.2 Å². The number of aliphatic carboxylic acids is 1. The quantitative estimate of drug-likeness (QED) is 0.414. The number of carboxylic acid groups (broad SMARTS) is 1. The van der Waals surface area contributed by atoms with Crippen LogP contribution < -0.4 is 5.11 Å². The fraction of sp³-hybridized carbons (Fsp3) is 0.778. The molecule has 0 aliphatic rings. The minimum atomic E-state index is -1.78. The molecule has 0 aromatic carbocycles. The van der Waals surface area contributed by atoms with Gasteiger partial charge in [-0.05, 0) is 0 Å². The van der Waals surface area contributed by atoms with Crippen LogP contribution >= 0.6 is 0 Å². The van der Waals surface area contributed by atoms with Crippen LogP contribution in [0.5, 0.6) is 0 Å². The molecule has 0 radical (unpaired) electrons. The third kappa shape index (κ3) is 4.85. The first-order valence-corrected chi connectivity index (χ1v) is 4.47. The average Bonchev–Trinajstić information content (AvgIpc) is 1.99. The molecular formula is C9H16FNO4. The Balaban J connectivity index is 4.64. The second-order valence-electron chi connectivity index (χ2n) is 4.44. The number of likely N-dealkylation sites (N-methyl/N-ethyl adjacent to an activating group) is 1. The first-order chi connectivity index (χ1) is 6.69. The van der Waals surface area contributed by atoms with E-state index in [1.165, 1.54) is 0 Å². The van der Waals surface area contributed by atoms with Crippen LogP contribution in [0.4, 0.5) is 4.39 Å². The highest BCUT2D eigenvalue weighted by Crippen LogP contribution is 2.09. The average molecular weight is 221 g/mol. The number of aliphatic hydroxyl groups excluding tert-OH is 1. The third-order valence-electron chi connectivity index (χ3n) is 1.85. The van der Waals surface area contributed by atoms with Crippen LogP contribution in [0, 0.1) is 5.92 Å². The Hall–Kier alpha value is -1.01. The summed E-state index contributed by atoms with van der Waals surface area (Å²) in [5, 5.41) is 20.1. The number of rotatable bonds is 6. The normalized spacial score (nSPS) is 15.8. The van der Waals surface area contributed by atoms with Crippen LogP contribution in [0.25, 0.3) is 0 Å². The third-order valence-corrected chi connectivity index (χ3v) is 1.85. The number of carboxylic acids is 1. The van der Waals surface area contributed by atoms with Crippen LogP contribution in [0.3, 0.4) is 0 Å². The second kappa shape index (κ2) is 5.18. The fourth-order valence-electron chi connectivity index (χ4n) is 1.25. The zero-order valence-electron chi connectivity index (χ0n) is 9.07. The van der Waals surface area contributed by atoms with Gasteiger partial charge in [-0.2, -0.15) is 0 Å². The van der Waals surface area contributed by atoms with Gasteiger partial charge in [0.2, 0.25) is 0 Å². The highest BCUT2D eigenvalue weighted by atomic mass is 19.1. The lowest BCUT2D eigenvalue weighted by Crippen LogP contribution is -2.51. The number of aliphatic hydroxyl groups is 1. The minimum absolute atomic E-state index is 0.0321. The number of hydrogen-bond acceptors (Lipinski definition) is 4. The number of quaternary nitrogens is 1. The van der Waals surface area contributed by atoms with Crippen molar-refractivity contribution >= 4 is 11.8 Å². The molecule has 0 bridgehead atoms. The Labute approximate surface area is 87.7 Å². The first-order valence-electron chi connectivity index (χ1n) is 4.47. The number of ketones is 1. The van der Waals surface area contributed by atoms with E-state index in [0.29, 0.717) is 0 Å². The summed E-state index contributed by atoms with van der Waals surface area (Å²) in [4.78, 5) is 21.5. The maximum absolute atomic E-state index is 12.0. The number of hydrogen-bond donors (Lipinski definition) is 1. The SMILES string of the molecule is C[N+](C)(C)CC(O)C(C(=O)[O-])C(=O)CF. The fourth-order valence-corrected chi connectivity index (χ4v) is 1.25. The smallest absolute Gasteiger partial charge is 0.175 e. The number of halogens is 1. The van der Waals surface area contributed by atoms with Crippen LogP contribution in [-0.2, 0) is 9.59 Å². The molecule has 5 nitrogen and oxygen atoms in total. The zero-order chi connectivity index (χ0) is 12.2. The van der Waals surface area contributed by atoms with Gasteiger partial charge < -0.3 is 19.5 Å². The summed E-state index contributed by atoms with van der Waals surface area (Å²) >= 11 is 0. The number of carbonyl (C=O) groups excluding carboxylic acids is 2. The van der Waals surface area contributed by atoms with Gasteiger partial charge in [0, 0.05) is 0 Å². The Bertz CT molecular complexity index is 249. The number of nitrogens with zero attached hydrogens (tertiary/aromatic N) is 1. The van der Waals surface area contributed by atoms with Crippen molar-refractivity contribution in [3.63, 3.8) is 0 Å². The Morgan fingerprint density at radius 3 is 2.13 bits per heavy atom. The largest absolute Gasteiger partial charge is 0.549 e. The Morgan fingerprint density at radius 1 is 1.40 bits per heavy atom. The Kier molecular flexibility index (Phi) is 4.83. The monoisotopic (exact) mass is 221 g/mol. The predicted octanol–water partition coefficient (Wildman–Crippen LogP) is -2.04. The molecule has 6 heteroatoms. The van der Waals surface area contributed by atoms with E-state index >= 15 is 0 Å². The molecule has 0 saturated heterocycles. The molecule has 0 aliphatic carbocycles. The van der Waals surface area contributed by atoms with Gasteiger partial charge in [0.05, 0.1) is 33.0 Å². The highest BCUT2D eigenvalue weighted by Gasteiger charge is 2.31. The summed E-state index contributed by atoms with van der Waals surface area (Å²) in [6, 6.07) is 0. The van der Waals surface area contributed by atoms with Crippen molar-refractivity contribution in [2.24, 2.45) is 5.92 Å². The van der Waals surface area contributed by atoms with E-state index in [1.807, 2.05) is 0 Å². The van der Waals surface area contributed by atoms with Crippen LogP contribution in [0.2, 0.25) is 0 Å². The zero-order valence-corrected chi connectivity index (χ0v) is 9.07. The lowest BCUT2D eigenvalue weighted by Gasteiger charge is -2.30. The molecule has 0 aromatic rings. The molecule has 2 unspecified atom stereocenters. The second-order valence-corrected chi connectivity index (χ2v) is 4.44. The van der Waals surface area contributed by atoms with Gasteiger partial charge in [0.15, 0.2) is 5.78 Å². The van der Waals surface area contributed by atoms with Crippen LogP contribution in [0.15, 0.2) is 0 Å². The van der Waals surface area contributed by atoms with Crippen molar-refractivity contribution in [1.29, 1.82) is 0 Å². The van der Waals surface area contributed by atoms with Crippen molar-refractivity contribution < 1.29 is 28.7 Å². The lowest BCUT2D eigenvalue weighted by atomic mass is 9.97. The Morgan fingerprint density at radius 2 is 1.87 bits per heavy atom. The predicted molar refractivity (Wildman–Crippen MR) is 48.4 cm³/mol. The number of carbonyl (C=O) groups is 2. The minimum Gasteiger partial charge on any atom is -0.549 e. The van der Waals surface area contributed by atoms with E-state index in [4.69, 9.17) is 0 Å². The van der Waals surface area contributed by atoms with Gasteiger partial charge in [0.1, 0.15) is 19.3 Å². The maximum atomic E-state index is 12.0. The van der Waals surface area contributed by atoms with Gasteiger partial charge in [-0.1, -0.05) is 0 Å². The molecule has 0 saturated carbocycles. The molecule has 0 fully saturated rings. The first kappa shape index (κ1) is 14.0. The summed E-state index contributed by atoms with van der Waals surface area (Å²) < 4.78 is 12.3. The molecule has 0 amide bonds. The summed E-state index contributed by atoms with van der Waals surface area (Å²) in [6.07, 6.45) is -1.43. The van der Waals surface area contributed by atoms with E-state index in [-0.39, 0.29) is 11.0 Å². The van der Waals surface area contributed by atoms with Crippen LogP contribution in [-0.4, -0.2) is 61.8 Å². The molecule has 0 aliphatic heterocycles. The molecule has 0 rings (SSSR count). The molecule has 15 heavy (non-hydrogen) atoms. The molecule has 88 valence electrons. The number of alkyl halides is 1. The van der Waals surface area contributed by atoms with Gasteiger partial charge in [-0.3, -0.25) is 4.79 Å². The number of Topliss-reactive ketones (excluding diaryl/α,β-unsaturated/α-hetero) is 1. The van der Waals surface area contributed by atoms with Crippen molar-refractivity contribution in [2.45, 2.75) is 6.10 Å². The molecule has 0 aromatic heterocycles. The van der Waals surface area contributed by atoms with Gasteiger partial charge in [-0.15, -0.1) is 0 Å². The van der Waals surface area contributed by atoms with E-state index in [2.05, 4.69) is 0 Å². The highest BCUT2D eigenvalue weighted by molar-refractivity contribution is 5.98. The van der Waals surface area contributed by atoms with Gasteiger partial charge in [0.25, 0.3) is 0 Å². The summed E-state index contributed by atoms with van der Waals surface area (Å²) in [7, 11) is 5.15. The molecule has 1 N–H and O–H groups in total. The summed E-state index contributed by atoms with van der Waals surface area (Å²) in [5.41, 5.74) is 0. The van der Waals surface area contributed by atoms with Crippen molar-refractivity contribution in [1.82, 2.24) is 0 Å². The van der Waals surface area contributed by atoms with Crippen LogP contribution in [0.1, 0.15) is 0 Å². The topological polar surface area (TPSA) is 77.4 Å². The van der Waals surface area contributed by atoms with Crippen molar-refractivity contribution in [3.05, 3.63) is 0 Å². The molecule has 2 atom stereocenters. The standard InChI is InChI=1S/C9H16FNO4/c1-11(2,3)5-7(13)8(9(14)15)6(12)4-10/h7-8,13H,4-5H2,1-3H3. The molecule has 0 spiro atoms. The summed E-state index contributed by atoms with van der Waals surface area (Å²) in [5.74, 6) is -4.68. The van der Waals surface area contributed by atoms with Crippen molar-refractivity contribution in [2.75, 3.05) is 34.4 Å². The van der Waals surface area contributed by atoms with E-state index in [0.717, 1.165) is 0 Å². The van der Waals surface area contributed by atoms with Crippen molar-refractivity contribution in [3.8, 4) is 0 Å². The summed E-state index contributed by atoms with van der Waals surface area (Å²) in [6.45, 7) is -1.38.